The molecule has 0 spiro atoms. The molecule has 0 aliphatic carbocycles. The molecule has 2 N–H and O–H groups in total. The minimum Gasteiger partial charge on any atom is -0.495 e. The van der Waals surface area contributed by atoms with Gasteiger partial charge in [0.1, 0.15) is 5.75 Å². The molecule has 144 valence electrons. The van der Waals surface area contributed by atoms with Gasteiger partial charge in [0.05, 0.1) is 12.8 Å². The van der Waals surface area contributed by atoms with Gasteiger partial charge in [-0.3, -0.25) is 4.90 Å². The molecule has 7 heteroatoms. The van der Waals surface area contributed by atoms with E-state index >= 15 is 0 Å². The largest absolute Gasteiger partial charge is 0.495 e. The van der Waals surface area contributed by atoms with Gasteiger partial charge in [0.2, 0.25) is 0 Å². The standard InChI is InChI=1S/C20H25ClN4O2/c1-27-19-5-3-2-4-18(19)23-20(26)22-10-11-24-12-14-25(15-13-24)17-8-6-16(21)7-9-17/h2-9H,10-15H2,1H3,(H2,22,23,26). The van der Waals surface area contributed by atoms with Crippen molar-refractivity contribution in [3.8, 4) is 5.75 Å². The zero-order chi connectivity index (χ0) is 19.1. The Morgan fingerprint density at radius 1 is 1.07 bits per heavy atom. The molecule has 0 unspecified atom stereocenters. The first-order chi connectivity index (χ1) is 13.2. The molecule has 6 nitrogen and oxygen atoms in total. The third kappa shape index (κ3) is 5.52. The second kappa shape index (κ2) is 9.48. The second-order valence-corrected chi connectivity index (χ2v) is 6.82. The Morgan fingerprint density at radius 3 is 2.48 bits per heavy atom. The summed E-state index contributed by atoms with van der Waals surface area (Å²) in [7, 11) is 1.59. The number of rotatable bonds is 6. The molecule has 0 saturated carbocycles. The summed E-state index contributed by atoms with van der Waals surface area (Å²) in [6.07, 6.45) is 0. The molecule has 0 radical (unpaired) electrons. The highest BCUT2D eigenvalue weighted by molar-refractivity contribution is 6.30. The molecule has 0 bridgehead atoms. The van der Waals surface area contributed by atoms with Gasteiger partial charge in [-0.2, -0.15) is 0 Å². The summed E-state index contributed by atoms with van der Waals surface area (Å²) in [5.41, 5.74) is 1.86. The van der Waals surface area contributed by atoms with Crippen LogP contribution in [0.1, 0.15) is 0 Å². The third-order valence-electron chi connectivity index (χ3n) is 4.63. The Morgan fingerprint density at radius 2 is 1.78 bits per heavy atom. The smallest absolute Gasteiger partial charge is 0.319 e. The number of hydrogen-bond acceptors (Lipinski definition) is 4. The maximum atomic E-state index is 12.1. The molecule has 1 heterocycles. The predicted molar refractivity (Wildman–Crippen MR) is 110 cm³/mol. The van der Waals surface area contributed by atoms with Crippen LogP contribution in [0.25, 0.3) is 0 Å². The minimum atomic E-state index is -0.223. The summed E-state index contributed by atoms with van der Waals surface area (Å²) in [6.45, 7) is 5.30. The number of carbonyl (C=O) groups is 1. The summed E-state index contributed by atoms with van der Waals surface area (Å²) >= 11 is 5.95. The Balaban J connectivity index is 1.37. The van der Waals surface area contributed by atoms with Gasteiger partial charge in [0.25, 0.3) is 0 Å². The molecule has 2 aromatic carbocycles. The lowest BCUT2D eigenvalue weighted by molar-refractivity contribution is 0.240. The number of methoxy groups -OCH3 is 1. The number of urea groups is 1. The number of nitrogens with one attached hydrogen (secondary N) is 2. The number of benzene rings is 2. The molecule has 27 heavy (non-hydrogen) atoms. The van der Waals surface area contributed by atoms with Crippen molar-refractivity contribution in [1.82, 2.24) is 10.2 Å². The fourth-order valence-corrected chi connectivity index (χ4v) is 3.25. The average molecular weight is 389 g/mol. The van der Waals surface area contributed by atoms with Crippen LogP contribution in [0.15, 0.2) is 48.5 Å². The molecular weight excluding hydrogens is 364 g/mol. The summed E-state index contributed by atoms with van der Waals surface area (Å²) in [4.78, 5) is 16.8. The minimum absolute atomic E-state index is 0.223. The fraction of sp³-hybridized carbons (Fsp3) is 0.350. The number of hydrogen-bond donors (Lipinski definition) is 2. The molecule has 1 aliphatic heterocycles. The van der Waals surface area contributed by atoms with Crippen LogP contribution in [-0.4, -0.2) is 57.3 Å². The first-order valence-electron chi connectivity index (χ1n) is 9.06. The third-order valence-corrected chi connectivity index (χ3v) is 4.88. The normalized spacial score (nSPS) is 14.7. The van der Waals surface area contributed by atoms with Crippen molar-refractivity contribution in [3.63, 3.8) is 0 Å². The number of nitrogens with zero attached hydrogens (tertiary/aromatic N) is 2. The molecule has 3 rings (SSSR count). The highest BCUT2D eigenvalue weighted by Crippen LogP contribution is 2.22. The summed E-state index contributed by atoms with van der Waals surface area (Å²) in [5.74, 6) is 0.644. The molecule has 1 fully saturated rings. The van der Waals surface area contributed by atoms with Crippen LogP contribution in [-0.2, 0) is 0 Å². The molecule has 1 saturated heterocycles. The number of piperazine rings is 1. The van der Waals surface area contributed by atoms with E-state index in [4.69, 9.17) is 16.3 Å². The quantitative estimate of drug-likeness (QED) is 0.797. The topological polar surface area (TPSA) is 56.8 Å². The first kappa shape index (κ1) is 19.3. The summed E-state index contributed by atoms with van der Waals surface area (Å²) < 4.78 is 5.24. The zero-order valence-electron chi connectivity index (χ0n) is 15.5. The number of amides is 2. The number of para-hydroxylation sites is 2. The molecule has 2 aromatic rings. The fourth-order valence-electron chi connectivity index (χ4n) is 3.12. The Bertz CT molecular complexity index is 746. The van der Waals surface area contributed by atoms with Gasteiger partial charge in [-0.15, -0.1) is 0 Å². The van der Waals surface area contributed by atoms with Crippen LogP contribution >= 0.6 is 11.6 Å². The Kier molecular flexibility index (Phi) is 6.79. The Hall–Kier alpha value is -2.44. The van der Waals surface area contributed by atoms with E-state index in [2.05, 4.69) is 32.6 Å². The lowest BCUT2D eigenvalue weighted by atomic mass is 10.2. The van der Waals surface area contributed by atoms with Crippen molar-refractivity contribution in [1.29, 1.82) is 0 Å². The summed E-state index contributed by atoms with van der Waals surface area (Å²) in [5, 5.41) is 6.48. The van der Waals surface area contributed by atoms with Gasteiger partial charge in [0.15, 0.2) is 0 Å². The van der Waals surface area contributed by atoms with Gasteiger partial charge in [-0.1, -0.05) is 23.7 Å². The average Bonchev–Trinajstić information content (AvgIpc) is 2.69. The van der Waals surface area contributed by atoms with Crippen molar-refractivity contribution in [3.05, 3.63) is 53.6 Å². The van der Waals surface area contributed by atoms with E-state index < -0.39 is 0 Å². The van der Waals surface area contributed by atoms with Gasteiger partial charge < -0.3 is 20.3 Å². The van der Waals surface area contributed by atoms with Crippen LogP contribution in [0, 0.1) is 0 Å². The molecule has 1 aliphatic rings. The molecule has 2 amide bonds. The second-order valence-electron chi connectivity index (χ2n) is 6.39. The van der Waals surface area contributed by atoms with Crippen LogP contribution in [0.5, 0.6) is 5.75 Å². The maximum absolute atomic E-state index is 12.1. The zero-order valence-corrected chi connectivity index (χ0v) is 16.2. The number of carbonyl (C=O) groups excluding carboxylic acids is 1. The van der Waals surface area contributed by atoms with E-state index in [1.807, 2.05) is 36.4 Å². The SMILES string of the molecule is COc1ccccc1NC(=O)NCCN1CCN(c2ccc(Cl)cc2)CC1. The highest BCUT2D eigenvalue weighted by atomic mass is 35.5. The van der Waals surface area contributed by atoms with E-state index in [9.17, 15) is 4.79 Å². The van der Waals surface area contributed by atoms with Crippen molar-refractivity contribution >= 4 is 29.0 Å². The van der Waals surface area contributed by atoms with Crippen LogP contribution in [0.3, 0.4) is 0 Å². The molecule has 0 aromatic heterocycles. The predicted octanol–water partition coefficient (Wildman–Crippen LogP) is 3.29. The summed E-state index contributed by atoms with van der Waals surface area (Å²) in [6, 6.07) is 15.1. The number of halogens is 1. The van der Waals surface area contributed by atoms with Gasteiger partial charge in [-0.25, -0.2) is 4.79 Å². The Labute approximate surface area is 165 Å². The van der Waals surface area contributed by atoms with Crippen molar-refractivity contribution in [2.24, 2.45) is 0 Å². The van der Waals surface area contributed by atoms with Crippen molar-refractivity contribution in [2.75, 3.05) is 56.6 Å². The van der Waals surface area contributed by atoms with Gasteiger partial charge in [0, 0.05) is 50.0 Å². The van der Waals surface area contributed by atoms with Crippen molar-refractivity contribution in [2.45, 2.75) is 0 Å². The van der Waals surface area contributed by atoms with Gasteiger partial charge in [-0.05, 0) is 36.4 Å². The van der Waals surface area contributed by atoms with Crippen LogP contribution in [0.2, 0.25) is 5.02 Å². The van der Waals surface area contributed by atoms with E-state index in [-0.39, 0.29) is 6.03 Å². The van der Waals surface area contributed by atoms with E-state index in [0.29, 0.717) is 18.0 Å². The molecular formula is C20H25ClN4O2. The van der Waals surface area contributed by atoms with Gasteiger partial charge >= 0.3 is 6.03 Å². The highest BCUT2D eigenvalue weighted by Gasteiger charge is 2.17. The lowest BCUT2D eigenvalue weighted by Crippen LogP contribution is -2.48. The lowest BCUT2D eigenvalue weighted by Gasteiger charge is -2.36. The first-order valence-corrected chi connectivity index (χ1v) is 9.44. The van der Waals surface area contributed by atoms with E-state index in [0.717, 1.165) is 37.7 Å². The number of ether oxygens (including phenoxy) is 1. The number of anilines is 2. The van der Waals surface area contributed by atoms with E-state index in [1.54, 1.807) is 7.11 Å². The molecule has 0 atom stereocenters. The van der Waals surface area contributed by atoms with Crippen LogP contribution < -0.4 is 20.3 Å². The monoisotopic (exact) mass is 388 g/mol. The maximum Gasteiger partial charge on any atom is 0.319 e. The van der Waals surface area contributed by atoms with Crippen molar-refractivity contribution < 1.29 is 9.53 Å². The van der Waals surface area contributed by atoms with E-state index in [1.165, 1.54) is 5.69 Å². The van der Waals surface area contributed by atoms with Crippen LogP contribution in [0.4, 0.5) is 16.2 Å².